The predicted molar refractivity (Wildman–Crippen MR) is 97.5 cm³/mol. The molecule has 1 heterocycles. The lowest BCUT2D eigenvalue weighted by Gasteiger charge is -2.18. The minimum atomic E-state index is -0.278. The average molecular weight is 383 g/mol. The fourth-order valence-electron chi connectivity index (χ4n) is 2.32. The normalized spacial score (nSPS) is 14.0. The largest absolute Gasteiger partial charge is 0.286 e. The number of carbonyl (C=O) groups excluding carboxylic acids is 1. The van der Waals surface area contributed by atoms with Gasteiger partial charge in [-0.2, -0.15) is 0 Å². The van der Waals surface area contributed by atoms with Crippen molar-refractivity contribution in [3.05, 3.63) is 69.5 Å². The number of nitrogens with zero attached hydrogens (tertiary/aromatic N) is 2. The van der Waals surface area contributed by atoms with Gasteiger partial charge in [-0.3, -0.25) is 14.7 Å². The number of halogens is 3. The van der Waals surface area contributed by atoms with Crippen molar-refractivity contribution < 1.29 is 9.18 Å². The van der Waals surface area contributed by atoms with Crippen LogP contribution < -0.4 is 0 Å². The first-order valence-corrected chi connectivity index (χ1v) is 8.97. The summed E-state index contributed by atoms with van der Waals surface area (Å²) in [6.45, 7) is 1.03. The first-order valence-electron chi connectivity index (χ1n) is 7.23. The van der Waals surface area contributed by atoms with Gasteiger partial charge in [-0.15, -0.1) is 0 Å². The van der Waals surface area contributed by atoms with Crippen LogP contribution in [0, 0.1) is 5.82 Å². The summed E-state index contributed by atoms with van der Waals surface area (Å²) >= 11 is 13.5. The second kappa shape index (κ2) is 7.55. The lowest BCUT2D eigenvalue weighted by atomic mass is 10.2. The summed E-state index contributed by atoms with van der Waals surface area (Å²) in [6.07, 6.45) is 0. The van der Waals surface area contributed by atoms with Crippen LogP contribution in [0.5, 0.6) is 0 Å². The van der Waals surface area contributed by atoms with Gasteiger partial charge in [0.1, 0.15) is 5.82 Å². The van der Waals surface area contributed by atoms with Gasteiger partial charge >= 0.3 is 0 Å². The number of benzene rings is 2. The predicted octanol–water partition coefficient (Wildman–Crippen LogP) is 4.88. The summed E-state index contributed by atoms with van der Waals surface area (Å²) in [7, 11) is 0. The first-order chi connectivity index (χ1) is 11.5. The van der Waals surface area contributed by atoms with Crippen LogP contribution in [0.2, 0.25) is 10.0 Å². The zero-order valence-corrected chi connectivity index (χ0v) is 14.8. The second-order valence-corrected chi connectivity index (χ2v) is 6.95. The number of amides is 1. The molecule has 1 amide bonds. The van der Waals surface area contributed by atoms with Gasteiger partial charge in [0.15, 0.2) is 5.17 Å². The summed E-state index contributed by atoms with van der Waals surface area (Å²) in [5.74, 6) is 0.0227. The summed E-state index contributed by atoms with van der Waals surface area (Å²) in [5, 5.41) is 1.42. The fourth-order valence-corrected chi connectivity index (χ4v) is 3.68. The van der Waals surface area contributed by atoms with Crippen molar-refractivity contribution in [3.8, 4) is 0 Å². The maximum atomic E-state index is 13.2. The third-order valence-electron chi connectivity index (χ3n) is 3.46. The van der Waals surface area contributed by atoms with Crippen molar-refractivity contribution in [2.45, 2.75) is 5.75 Å². The molecule has 0 atom stereocenters. The molecule has 0 bridgehead atoms. The van der Waals surface area contributed by atoms with Crippen LogP contribution in [-0.4, -0.2) is 29.1 Å². The van der Waals surface area contributed by atoms with E-state index < -0.39 is 0 Å². The molecule has 0 aromatic heterocycles. The Labute approximate surface area is 153 Å². The highest BCUT2D eigenvalue weighted by Gasteiger charge is 2.26. The van der Waals surface area contributed by atoms with E-state index in [-0.39, 0.29) is 11.7 Å². The highest BCUT2D eigenvalue weighted by atomic mass is 35.5. The van der Waals surface area contributed by atoms with E-state index in [0.717, 1.165) is 5.56 Å². The van der Waals surface area contributed by atoms with Crippen LogP contribution in [0.4, 0.5) is 4.39 Å². The number of carbonyl (C=O) groups is 1. The van der Waals surface area contributed by atoms with Gasteiger partial charge in [-0.05, 0) is 35.9 Å². The van der Waals surface area contributed by atoms with Crippen LogP contribution >= 0.6 is 35.0 Å². The van der Waals surface area contributed by atoms with E-state index >= 15 is 0 Å². The van der Waals surface area contributed by atoms with Gasteiger partial charge in [0, 0.05) is 17.3 Å². The van der Waals surface area contributed by atoms with Gasteiger partial charge in [0.25, 0.3) is 5.91 Å². The van der Waals surface area contributed by atoms with E-state index in [2.05, 4.69) is 4.99 Å². The number of thioether (sulfide) groups is 1. The lowest BCUT2D eigenvalue weighted by Crippen LogP contribution is -2.33. The Morgan fingerprint density at radius 1 is 1.25 bits per heavy atom. The van der Waals surface area contributed by atoms with Crippen molar-refractivity contribution >= 4 is 46.0 Å². The van der Waals surface area contributed by atoms with E-state index in [4.69, 9.17) is 23.2 Å². The monoisotopic (exact) mass is 382 g/mol. The van der Waals surface area contributed by atoms with Crippen LogP contribution in [0.15, 0.2) is 47.5 Å². The molecule has 1 aliphatic heterocycles. The molecule has 0 radical (unpaired) electrons. The second-order valence-electron chi connectivity index (χ2n) is 5.16. The molecule has 124 valence electrons. The van der Waals surface area contributed by atoms with Gasteiger partial charge in [-0.25, -0.2) is 4.39 Å². The molecule has 24 heavy (non-hydrogen) atoms. The number of amidine groups is 1. The Morgan fingerprint density at radius 2 is 2.08 bits per heavy atom. The van der Waals surface area contributed by atoms with E-state index in [1.165, 1.54) is 23.9 Å². The molecule has 7 heteroatoms. The molecule has 0 saturated heterocycles. The molecule has 0 fully saturated rings. The number of hydrogen-bond acceptors (Lipinski definition) is 3. The van der Waals surface area contributed by atoms with Crippen LogP contribution in [-0.2, 0) is 5.75 Å². The standard InChI is InChI=1S/C17H13Cl2FN2OS/c18-12-4-5-15(19)14(9-12)16(23)22-7-6-21-17(22)24-10-11-2-1-3-13(20)8-11/h1-5,8-9H,6-7,10H2. The SMILES string of the molecule is O=C(c1cc(Cl)ccc1Cl)N1CCN=C1SCc1cccc(F)c1. The van der Waals surface area contributed by atoms with Crippen LogP contribution in [0.25, 0.3) is 0 Å². The Bertz CT molecular complexity index is 813. The number of aliphatic imine (C=N–C) groups is 1. The van der Waals surface area contributed by atoms with Crippen molar-refractivity contribution in [2.75, 3.05) is 13.1 Å². The molecular weight excluding hydrogens is 370 g/mol. The summed E-state index contributed by atoms with van der Waals surface area (Å²) in [5.41, 5.74) is 1.19. The van der Waals surface area contributed by atoms with E-state index in [9.17, 15) is 9.18 Å². The van der Waals surface area contributed by atoms with Crippen molar-refractivity contribution in [1.82, 2.24) is 4.90 Å². The average Bonchev–Trinajstić information content (AvgIpc) is 3.03. The maximum absolute atomic E-state index is 13.2. The zero-order chi connectivity index (χ0) is 17.1. The Kier molecular flexibility index (Phi) is 5.43. The molecular formula is C17H13Cl2FN2OS. The molecule has 3 nitrogen and oxygen atoms in total. The van der Waals surface area contributed by atoms with E-state index in [1.807, 2.05) is 6.07 Å². The van der Waals surface area contributed by atoms with Gasteiger partial charge < -0.3 is 0 Å². The molecule has 1 aliphatic rings. The molecule has 0 saturated carbocycles. The molecule has 0 unspecified atom stereocenters. The molecule has 0 aliphatic carbocycles. The van der Waals surface area contributed by atoms with E-state index in [1.54, 1.807) is 29.2 Å². The topological polar surface area (TPSA) is 32.7 Å². The Hall–Kier alpha value is -1.56. The van der Waals surface area contributed by atoms with Crippen molar-refractivity contribution in [2.24, 2.45) is 4.99 Å². The van der Waals surface area contributed by atoms with Gasteiger partial charge in [0.2, 0.25) is 0 Å². The molecule has 2 aromatic carbocycles. The number of hydrogen-bond donors (Lipinski definition) is 0. The minimum Gasteiger partial charge on any atom is -0.286 e. The number of rotatable bonds is 3. The van der Waals surface area contributed by atoms with Crippen molar-refractivity contribution in [3.63, 3.8) is 0 Å². The first kappa shape index (κ1) is 17.3. The molecule has 3 rings (SSSR count). The third kappa shape index (κ3) is 3.91. The Balaban J connectivity index is 1.73. The quantitative estimate of drug-likeness (QED) is 0.757. The highest BCUT2D eigenvalue weighted by molar-refractivity contribution is 8.13. The van der Waals surface area contributed by atoms with Crippen LogP contribution in [0.3, 0.4) is 0 Å². The third-order valence-corrected chi connectivity index (χ3v) is 5.11. The van der Waals surface area contributed by atoms with Crippen molar-refractivity contribution in [1.29, 1.82) is 0 Å². The zero-order valence-electron chi connectivity index (χ0n) is 12.5. The molecule has 0 spiro atoms. The molecule has 0 N–H and O–H groups in total. The van der Waals surface area contributed by atoms with Gasteiger partial charge in [0.05, 0.1) is 17.1 Å². The summed E-state index contributed by atoms with van der Waals surface area (Å²) in [4.78, 5) is 18.7. The smallest absolute Gasteiger partial charge is 0.261 e. The maximum Gasteiger partial charge on any atom is 0.261 e. The van der Waals surface area contributed by atoms with E-state index in [0.29, 0.717) is 39.6 Å². The van der Waals surface area contributed by atoms with Gasteiger partial charge in [-0.1, -0.05) is 47.1 Å². The highest BCUT2D eigenvalue weighted by Crippen LogP contribution is 2.26. The minimum absolute atomic E-state index is 0.231. The summed E-state index contributed by atoms with van der Waals surface area (Å²) < 4.78 is 13.2. The Morgan fingerprint density at radius 3 is 2.88 bits per heavy atom. The fraction of sp³-hybridized carbons (Fsp3) is 0.176. The van der Waals surface area contributed by atoms with Crippen LogP contribution in [0.1, 0.15) is 15.9 Å². The summed E-state index contributed by atoms with van der Waals surface area (Å²) in [6, 6.07) is 11.2. The lowest BCUT2D eigenvalue weighted by molar-refractivity contribution is 0.0861. The molecule has 2 aromatic rings.